The largest absolute Gasteiger partial charge is 0.390 e. The van der Waals surface area contributed by atoms with Crippen LogP contribution in [0.4, 0.5) is 0 Å². The molecule has 0 aromatic carbocycles. The summed E-state index contributed by atoms with van der Waals surface area (Å²) in [5, 5.41) is 18.0. The molecule has 48 heavy (non-hydrogen) atoms. The molecule has 3 nitrogen and oxygen atoms in total. The number of aliphatic hydroxyl groups excluding tert-OH is 1. The fourth-order valence-electron chi connectivity index (χ4n) is 6.91. The van der Waals surface area contributed by atoms with E-state index in [0.29, 0.717) is 13.1 Å². The van der Waals surface area contributed by atoms with Crippen LogP contribution in [-0.4, -0.2) is 35.4 Å². The van der Waals surface area contributed by atoms with Crippen LogP contribution in [0.2, 0.25) is 0 Å². The second kappa shape index (κ2) is 38.7. The molecule has 3 N–H and O–H groups in total. The molecule has 0 radical (unpaired) electrons. The van der Waals surface area contributed by atoms with Crippen LogP contribution in [0.1, 0.15) is 247 Å². The molecule has 0 heterocycles. The van der Waals surface area contributed by atoms with Gasteiger partial charge in [0.05, 0.1) is 6.10 Å². The van der Waals surface area contributed by atoms with Gasteiger partial charge in [-0.3, -0.25) is 0 Å². The number of hydrogen-bond donors (Lipinski definition) is 3. The lowest BCUT2D eigenvalue weighted by molar-refractivity contribution is 0.141. The summed E-state index contributed by atoms with van der Waals surface area (Å²) < 4.78 is 0. The normalized spacial score (nSPS) is 12.0. The minimum atomic E-state index is -0.333. The Morgan fingerprint density at radius 3 is 0.750 bits per heavy atom. The Bertz CT molecular complexity index is 551. The molecule has 0 saturated heterocycles. The van der Waals surface area contributed by atoms with Crippen LogP contribution in [-0.2, 0) is 0 Å². The van der Waals surface area contributed by atoms with Crippen LogP contribution in [0.25, 0.3) is 0 Å². The fourth-order valence-corrected chi connectivity index (χ4v) is 6.91. The highest BCUT2D eigenvalue weighted by atomic mass is 35.5. The molecule has 0 unspecified atom stereocenters. The zero-order valence-electron chi connectivity index (χ0n) is 33.9. The van der Waals surface area contributed by atoms with Crippen molar-refractivity contribution in [1.29, 1.82) is 0 Å². The highest BCUT2D eigenvalue weighted by molar-refractivity contribution is 5.85. The minimum absolute atomic E-state index is 0. The van der Waals surface area contributed by atoms with E-state index in [1.807, 2.05) is 0 Å². The van der Waals surface area contributed by atoms with E-state index >= 15 is 0 Å². The zero-order valence-corrected chi connectivity index (χ0v) is 35.5. The Hall–Kier alpha value is 0.460. The first-order chi connectivity index (χ1) is 22.2. The van der Waals surface area contributed by atoms with E-state index < -0.39 is 0 Å². The molecule has 0 spiro atoms. The van der Waals surface area contributed by atoms with E-state index in [9.17, 15) is 5.11 Å². The van der Waals surface area contributed by atoms with E-state index in [1.54, 1.807) is 0 Å². The number of hydrogen-bond acceptors (Lipinski definition) is 3. The van der Waals surface area contributed by atoms with Gasteiger partial charge in [0.15, 0.2) is 0 Å². The van der Waals surface area contributed by atoms with Gasteiger partial charge in [0.1, 0.15) is 0 Å². The maximum absolute atomic E-state index is 10.7. The van der Waals surface area contributed by atoms with Gasteiger partial charge in [-0.1, -0.05) is 206 Å². The van der Waals surface area contributed by atoms with Crippen molar-refractivity contribution in [1.82, 2.24) is 10.6 Å². The fraction of sp³-hybridized carbons (Fsp3) is 1.00. The molecule has 0 rings (SSSR count). The molecule has 0 saturated carbocycles. The average Bonchev–Trinajstić information content (AvgIpc) is 3.03. The van der Waals surface area contributed by atoms with E-state index in [2.05, 4.69) is 52.2 Å². The second-order valence-corrected chi connectivity index (χ2v) is 16.6. The second-order valence-electron chi connectivity index (χ2n) is 16.6. The van der Waals surface area contributed by atoms with E-state index in [1.165, 1.54) is 205 Å². The smallest absolute Gasteiger partial charge is 0.0789 e. The number of nitrogens with one attached hydrogen (secondary N) is 2. The van der Waals surface area contributed by atoms with Crippen molar-refractivity contribution >= 4 is 24.8 Å². The number of halogens is 2. The SMILES string of the molecule is CCCCCCCCCCCCCCCCCC(C)(C)NCC(O)CNC(C)(C)CCCCCCCCCCCCCCCCC.Cl.Cl. The Morgan fingerprint density at radius 1 is 0.354 bits per heavy atom. The lowest BCUT2D eigenvalue weighted by Crippen LogP contribution is -2.49. The minimum Gasteiger partial charge on any atom is -0.390 e. The molecule has 0 aromatic rings. The lowest BCUT2D eigenvalue weighted by atomic mass is 9.95. The van der Waals surface area contributed by atoms with Gasteiger partial charge in [-0.15, -0.1) is 24.8 Å². The quantitative estimate of drug-likeness (QED) is 0.0556. The van der Waals surface area contributed by atoms with Crippen molar-refractivity contribution in [2.75, 3.05) is 13.1 Å². The van der Waals surface area contributed by atoms with Crippen LogP contribution >= 0.6 is 24.8 Å². The molecule has 0 atom stereocenters. The third-order valence-electron chi connectivity index (χ3n) is 10.4. The Balaban J connectivity index is -0.0000101. The molecule has 5 heteroatoms. The van der Waals surface area contributed by atoms with Crippen molar-refractivity contribution in [3.8, 4) is 0 Å². The van der Waals surface area contributed by atoms with Gasteiger partial charge in [0.2, 0.25) is 0 Å². The van der Waals surface area contributed by atoms with Crippen LogP contribution in [0, 0.1) is 0 Å². The molecule has 0 bridgehead atoms. The van der Waals surface area contributed by atoms with Gasteiger partial charge < -0.3 is 15.7 Å². The number of unbranched alkanes of at least 4 members (excludes halogenated alkanes) is 28. The average molecular weight is 724 g/mol. The maximum atomic E-state index is 10.7. The zero-order chi connectivity index (χ0) is 34.0. The summed E-state index contributed by atoms with van der Waals surface area (Å²) in [6.07, 6.45) is 44.5. The summed E-state index contributed by atoms with van der Waals surface area (Å²) >= 11 is 0. The van der Waals surface area contributed by atoms with Gasteiger partial charge in [0, 0.05) is 24.2 Å². The van der Waals surface area contributed by atoms with Crippen molar-refractivity contribution in [2.24, 2.45) is 0 Å². The highest BCUT2D eigenvalue weighted by Crippen LogP contribution is 2.19. The van der Waals surface area contributed by atoms with Crippen LogP contribution in [0.15, 0.2) is 0 Å². The summed E-state index contributed by atoms with van der Waals surface area (Å²) in [7, 11) is 0. The molecule has 0 fully saturated rings. The summed E-state index contributed by atoms with van der Waals surface area (Å²) in [4.78, 5) is 0. The first-order valence-corrected chi connectivity index (χ1v) is 21.4. The molecule has 0 aromatic heterocycles. The van der Waals surface area contributed by atoms with Crippen molar-refractivity contribution in [3.05, 3.63) is 0 Å². The Kier molecular flexibility index (Phi) is 42.6. The van der Waals surface area contributed by atoms with Crippen LogP contribution < -0.4 is 10.6 Å². The Labute approximate surface area is 316 Å². The van der Waals surface area contributed by atoms with Crippen LogP contribution in [0.5, 0.6) is 0 Å². The highest BCUT2D eigenvalue weighted by Gasteiger charge is 2.21. The van der Waals surface area contributed by atoms with Gasteiger partial charge in [-0.2, -0.15) is 0 Å². The summed E-state index contributed by atoms with van der Waals surface area (Å²) in [5.74, 6) is 0. The third kappa shape index (κ3) is 40.9. The topological polar surface area (TPSA) is 44.3 Å². The summed E-state index contributed by atoms with van der Waals surface area (Å²) in [6.45, 7) is 15.2. The van der Waals surface area contributed by atoms with Gasteiger partial charge in [0.25, 0.3) is 0 Å². The predicted octanol–water partition coefficient (Wildman–Crippen LogP) is 14.5. The first kappa shape index (κ1) is 52.8. The molecule has 0 aliphatic rings. The summed E-state index contributed by atoms with van der Waals surface area (Å²) in [5.41, 5.74) is 0.196. The summed E-state index contributed by atoms with van der Waals surface area (Å²) in [6, 6.07) is 0. The molecular formula is C43H92Cl2N2O. The number of β-amino-alcohol motifs (C(OH)–C–C–N with tert-alkyl or cyclic N) is 1. The van der Waals surface area contributed by atoms with E-state index in [-0.39, 0.29) is 42.0 Å². The molecule has 294 valence electrons. The standard InChI is InChI=1S/C43H90N2O.2ClH/c1-7-9-11-13-15-17-19-21-23-25-27-29-31-33-35-37-42(3,4)44-39-41(46)40-45-43(5,6)38-36-34-32-30-28-26-24-22-20-18-16-14-12-10-8-2;;/h41,44-46H,7-40H2,1-6H3;2*1H. The molecule has 0 aliphatic heterocycles. The monoisotopic (exact) mass is 723 g/mol. The van der Waals surface area contributed by atoms with Gasteiger partial charge >= 0.3 is 0 Å². The number of aliphatic hydroxyl groups is 1. The third-order valence-corrected chi connectivity index (χ3v) is 10.4. The van der Waals surface area contributed by atoms with Gasteiger partial charge in [-0.05, 0) is 40.5 Å². The molecular weight excluding hydrogens is 631 g/mol. The Morgan fingerprint density at radius 2 is 0.542 bits per heavy atom. The number of rotatable bonds is 38. The van der Waals surface area contributed by atoms with E-state index in [4.69, 9.17) is 0 Å². The van der Waals surface area contributed by atoms with E-state index in [0.717, 1.165) is 0 Å². The van der Waals surface area contributed by atoms with Crippen LogP contribution in [0.3, 0.4) is 0 Å². The molecule has 0 aliphatic carbocycles. The lowest BCUT2D eigenvalue weighted by Gasteiger charge is -2.30. The van der Waals surface area contributed by atoms with Crippen molar-refractivity contribution in [2.45, 2.75) is 264 Å². The van der Waals surface area contributed by atoms with Crippen molar-refractivity contribution < 1.29 is 5.11 Å². The van der Waals surface area contributed by atoms with Crippen molar-refractivity contribution in [3.63, 3.8) is 0 Å². The predicted molar refractivity (Wildman–Crippen MR) is 224 cm³/mol. The molecule has 0 amide bonds. The first-order valence-electron chi connectivity index (χ1n) is 21.4. The van der Waals surface area contributed by atoms with Gasteiger partial charge in [-0.25, -0.2) is 0 Å². The maximum Gasteiger partial charge on any atom is 0.0789 e.